The molecule has 1 aliphatic rings. The third-order valence-corrected chi connectivity index (χ3v) is 5.98. The number of hydrogen-bond acceptors (Lipinski definition) is 7. The van der Waals surface area contributed by atoms with E-state index in [1.54, 1.807) is 11.6 Å². The van der Waals surface area contributed by atoms with Gasteiger partial charge in [-0.15, -0.1) is 5.10 Å². The van der Waals surface area contributed by atoms with E-state index >= 15 is 0 Å². The Morgan fingerprint density at radius 3 is 2.57 bits per heavy atom. The van der Waals surface area contributed by atoms with E-state index in [1.165, 1.54) is 0 Å². The van der Waals surface area contributed by atoms with Gasteiger partial charge in [0.2, 0.25) is 5.95 Å². The molecular weight excluding hydrogens is 378 g/mol. The van der Waals surface area contributed by atoms with Crippen LogP contribution in [0.3, 0.4) is 0 Å². The van der Waals surface area contributed by atoms with Crippen molar-refractivity contribution < 1.29 is 4.74 Å². The second-order valence-corrected chi connectivity index (χ2v) is 8.59. The number of methoxy groups -OCH3 is 1. The molecule has 8 nitrogen and oxygen atoms in total. The van der Waals surface area contributed by atoms with Crippen LogP contribution in [0.1, 0.15) is 55.6 Å². The first-order chi connectivity index (χ1) is 14.3. The Morgan fingerprint density at radius 2 is 1.90 bits per heavy atom. The highest BCUT2D eigenvalue weighted by atomic mass is 16.5. The molecule has 154 valence electrons. The predicted octanol–water partition coefficient (Wildman–Crippen LogP) is 3.12. The normalized spacial score (nSPS) is 19.2. The molecule has 0 unspecified atom stereocenters. The van der Waals surface area contributed by atoms with Crippen molar-refractivity contribution in [3.05, 3.63) is 53.6 Å². The number of nitrogens with two attached hydrogens (primary N) is 2. The molecule has 0 amide bonds. The minimum absolute atomic E-state index is 0.280. The van der Waals surface area contributed by atoms with Crippen LogP contribution in [0.25, 0.3) is 16.6 Å². The number of aromatic nitrogens is 5. The van der Waals surface area contributed by atoms with E-state index in [1.807, 2.05) is 38.2 Å². The monoisotopic (exact) mass is 403 g/mol. The van der Waals surface area contributed by atoms with Crippen molar-refractivity contribution in [2.45, 2.75) is 44.1 Å². The van der Waals surface area contributed by atoms with Gasteiger partial charge in [-0.25, -0.2) is 9.97 Å². The molecule has 3 heterocycles. The van der Waals surface area contributed by atoms with Crippen LogP contribution in [0.5, 0.6) is 5.75 Å². The second kappa shape index (κ2) is 6.63. The number of hydrogen-bond donors (Lipinski definition) is 2. The Labute approximate surface area is 174 Å². The maximum atomic E-state index is 6.16. The molecule has 8 heteroatoms. The van der Waals surface area contributed by atoms with Gasteiger partial charge in [0.25, 0.3) is 0 Å². The molecule has 0 bridgehead atoms. The van der Waals surface area contributed by atoms with Gasteiger partial charge in [0.15, 0.2) is 11.5 Å². The van der Waals surface area contributed by atoms with Gasteiger partial charge in [-0.2, -0.15) is 4.52 Å². The van der Waals surface area contributed by atoms with E-state index in [9.17, 15) is 0 Å². The van der Waals surface area contributed by atoms with E-state index in [2.05, 4.69) is 27.2 Å². The molecule has 5 rings (SSSR count). The molecule has 4 N–H and O–H groups in total. The lowest BCUT2D eigenvalue weighted by Crippen LogP contribution is -2.29. The molecule has 0 radical (unpaired) electrons. The molecule has 1 fully saturated rings. The summed E-state index contributed by atoms with van der Waals surface area (Å²) in [5.74, 6) is 2.46. The van der Waals surface area contributed by atoms with E-state index in [-0.39, 0.29) is 11.5 Å². The minimum Gasteiger partial charge on any atom is -0.494 e. The molecule has 30 heavy (non-hydrogen) atoms. The van der Waals surface area contributed by atoms with Gasteiger partial charge >= 0.3 is 0 Å². The van der Waals surface area contributed by atoms with Crippen molar-refractivity contribution in [2.24, 2.45) is 5.73 Å². The average Bonchev–Trinajstić information content (AvgIpc) is 3.12. The third-order valence-electron chi connectivity index (χ3n) is 5.98. The van der Waals surface area contributed by atoms with Gasteiger partial charge in [0.1, 0.15) is 11.3 Å². The summed E-state index contributed by atoms with van der Waals surface area (Å²) in [6, 6.07) is 9.91. The SMILES string of the molecule is COc1cccc2c1nc(N)n1nc([C@H]3C[C@H](c4ccc(C(C)(C)N)cn4)C3)nc21. The first-order valence-electron chi connectivity index (χ1n) is 10.1. The highest BCUT2D eigenvalue weighted by molar-refractivity contribution is 5.95. The van der Waals surface area contributed by atoms with Crippen molar-refractivity contribution >= 4 is 22.5 Å². The van der Waals surface area contributed by atoms with Crippen LogP contribution in [0.2, 0.25) is 0 Å². The van der Waals surface area contributed by atoms with Gasteiger partial charge in [0.05, 0.1) is 7.11 Å². The number of rotatable bonds is 4. The highest BCUT2D eigenvalue weighted by Crippen LogP contribution is 2.46. The maximum absolute atomic E-state index is 6.16. The summed E-state index contributed by atoms with van der Waals surface area (Å²) in [7, 11) is 1.62. The topological polar surface area (TPSA) is 117 Å². The molecule has 0 spiro atoms. The van der Waals surface area contributed by atoms with E-state index in [0.29, 0.717) is 28.8 Å². The summed E-state index contributed by atoms with van der Waals surface area (Å²) in [6.45, 7) is 3.97. The summed E-state index contributed by atoms with van der Waals surface area (Å²) < 4.78 is 7.05. The molecule has 0 saturated heterocycles. The Morgan fingerprint density at radius 1 is 1.10 bits per heavy atom. The fraction of sp³-hybridized carbons (Fsp3) is 0.364. The first kappa shape index (κ1) is 18.7. The third kappa shape index (κ3) is 2.95. The summed E-state index contributed by atoms with van der Waals surface area (Å²) in [5.41, 5.74) is 15.5. The Kier molecular flexibility index (Phi) is 4.14. The number of pyridine rings is 1. The van der Waals surface area contributed by atoms with Gasteiger partial charge < -0.3 is 16.2 Å². The Balaban J connectivity index is 1.42. The fourth-order valence-corrected chi connectivity index (χ4v) is 4.08. The van der Waals surface area contributed by atoms with Crippen LogP contribution >= 0.6 is 0 Å². The molecule has 3 aromatic heterocycles. The summed E-state index contributed by atoms with van der Waals surface area (Å²) >= 11 is 0. The predicted molar refractivity (Wildman–Crippen MR) is 115 cm³/mol. The number of para-hydroxylation sites is 1. The van der Waals surface area contributed by atoms with Gasteiger partial charge in [-0.05, 0) is 50.5 Å². The van der Waals surface area contributed by atoms with Crippen LogP contribution in [-0.4, -0.2) is 31.7 Å². The molecule has 0 atom stereocenters. The zero-order valence-electron chi connectivity index (χ0n) is 17.3. The van der Waals surface area contributed by atoms with Crippen molar-refractivity contribution in [1.29, 1.82) is 0 Å². The Hall–Kier alpha value is -3.26. The number of nitrogen functional groups attached to an aromatic ring is 1. The second-order valence-electron chi connectivity index (χ2n) is 8.59. The average molecular weight is 403 g/mol. The lowest BCUT2D eigenvalue weighted by atomic mass is 9.72. The quantitative estimate of drug-likeness (QED) is 0.537. The molecule has 1 saturated carbocycles. The zero-order valence-corrected chi connectivity index (χ0v) is 17.3. The minimum atomic E-state index is -0.381. The Bertz CT molecular complexity index is 1230. The highest BCUT2D eigenvalue weighted by Gasteiger charge is 2.35. The summed E-state index contributed by atoms with van der Waals surface area (Å²) in [6.07, 6.45) is 3.81. The number of fused-ring (bicyclic) bond motifs is 3. The molecule has 4 aromatic rings. The van der Waals surface area contributed by atoms with E-state index in [4.69, 9.17) is 21.2 Å². The molecule has 1 aliphatic carbocycles. The molecule has 0 aliphatic heterocycles. The first-order valence-corrected chi connectivity index (χ1v) is 10.1. The molecule has 1 aromatic carbocycles. The van der Waals surface area contributed by atoms with Crippen molar-refractivity contribution in [1.82, 2.24) is 24.6 Å². The van der Waals surface area contributed by atoms with Gasteiger partial charge in [-0.3, -0.25) is 4.98 Å². The number of benzene rings is 1. The van der Waals surface area contributed by atoms with Crippen LogP contribution < -0.4 is 16.2 Å². The van der Waals surface area contributed by atoms with Crippen LogP contribution in [0.4, 0.5) is 5.95 Å². The standard InChI is InChI=1S/C22H25N7O/c1-22(2,24)14-7-8-16(25-11-14)12-9-13(10-12)19-27-20-15-5-4-6-17(30-3)18(15)26-21(23)29(20)28-19/h4-8,11-13H,9-10,24H2,1-3H3,(H2,23,26)/t12-,13-. The number of anilines is 1. The summed E-state index contributed by atoms with van der Waals surface area (Å²) in [4.78, 5) is 13.9. The molecular formula is C22H25N7O. The largest absolute Gasteiger partial charge is 0.494 e. The fourth-order valence-electron chi connectivity index (χ4n) is 4.08. The summed E-state index contributed by atoms with van der Waals surface area (Å²) in [5, 5.41) is 5.53. The van der Waals surface area contributed by atoms with E-state index < -0.39 is 0 Å². The van der Waals surface area contributed by atoms with Crippen LogP contribution in [0, 0.1) is 0 Å². The van der Waals surface area contributed by atoms with Gasteiger partial charge in [0, 0.05) is 34.7 Å². The van der Waals surface area contributed by atoms with Crippen LogP contribution in [0.15, 0.2) is 36.5 Å². The smallest absolute Gasteiger partial charge is 0.223 e. The van der Waals surface area contributed by atoms with Crippen LogP contribution in [-0.2, 0) is 5.54 Å². The zero-order chi connectivity index (χ0) is 21.0. The number of nitrogens with zero attached hydrogens (tertiary/aromatic N) is 5. The van der Waals surface area contributed by atoms with E-state index in [0.717, 1.165) is 35.3 Å². The van der Waals surface area contributed by atoms with Crippen molar-refractivity contribution in [2.75, 3.05) is 12.8 Å². The van der Waals surface area contributed by atoms with Crippen molar-refractivity contribution in [3.63, 3.8) is 0 Å². The lowest BCUT2D eigenvalue weighted by molar-refractivity contribution is 0.332. The lowest BCUT2D eigenvalue weighted by Gasteiger charge is -2.33. The number of ether oxygens (including phenoxy) is 1. The maximum Gasteiger partial charge on any atom is 0.223 e. The van der Waals surface area contributed by atoms with Gasteiger partial charge in [-0.1, -0.05) is 12.1 Å². The van der Waals surface area contributed by atoms with Crippen molar-refractivity contribution in [3.8, 4) is 5.75 Å².